The Morgan fingerprint density at radius 3 is 2.71 bits per heavy atom. The van der Waals surface area contributed by atoms with Gasteiger partial charge in [0.2, 0.25) is 5.95 Å². The highest BCUT2D eigenvalue weighted by Crippen LogP contribution is 2.29. The number of halogens is 1. The van der Waals surface area contributed by atoms with E-state index in [0.717, 1.165) is 12.5 Å². The molecule has 12 nitrogen and oxygen atoms in total. The minimum absolute atomic E-state index is 0.0475. The molecule has 13 heteroatoms. The molecule has 1 aromatic heterocycles. The lowest BCUT2D eigenvalue weighted by Crippen LogP contribution is -2.23. The lowest BCUT2D eigenvalue weighted by molar-refractivity contribution is -0.384. The molecule has 0 atom stereocenters. The molecule has 2 amide bonds. The van der Waals surface area contributed by atoms with E-state index in [-0.39, 0.29) is 28.6 Å². The summed E-state index contributed by atoms with van der Waals surface area (Å²) >= 11 is 0. The lowest BCUT2D eigenvalue weighted by Gasteiger charge is -2.11. The maximum absolute atomic E-state index is 14.5. The first kappa shape index (κ1) is 25.3. The second-order valence-electron chi connectivity index (χ2n) is 7.32. The van der Waals surface area contributed by atoms with Crippen LogP contribution >= 0.6 is 0 Å². The zero-order valence-electron chi connectivity index (χ0n) is 18.8. The van der Waals surface area contributed by atoms with Gasteiger partial charge in [-0.3, -0.25) is 25.2 Å². The zero-order valence-corrected chi connectivity index (χ0v) is 18.8. The van der Waals surface area contributed by atoms with Crippen LogP contribution < -0.4 is 32.0 Å². The number of hydrogen-bond donors (Lipinski definition) is 5. The SMILES string of the molecule is COc1ccc([N+](=O)[O-])cc1NC(=O)Nc1ncc(-c2ccc(CNCCCN)c(F)c2)c(=O)[nH]1. The van der Waals surface area contributed by atoms with Gasteiger partial charge in [0, 0.05) is 30.4 Å². The third-order valence-corrected chi connectivity index (χ3v) is 4.91. The van der Waals surface area contributed by atoms with Gasteiger partial charge in [-0.1, -0.05) is 12.1 Å². The van der Waals surface area contributed by atoms with Crippen molar-refractivity contribution in [3.8, 4) is 16.9 Å². The number of carbonyl (C=O) groups is 1. The quantitative estimate of drug-likeness (QED) is 0.165. The molecule has 2 aromatic carbocycles. The first-order chi connectivity index (χ1) is 16.8. The minimum atomic E-state index is -0.822. The third kappa shape index (κ3) is 6.59. The number of amides is 2. The van der Waals surface area contributed by atoms with E-state index in [1.54, 1.807) is 12.1 Å². The Morgan fingerprint density at radius 2 is 2.06 bits per heavy atom. The number of urea groups is 1. The number of nitrogens with two attached hydrogens (primary N) is 1. The summed E-state index contributed by atoms with van der Waals surface area (Å²) in [6, 6.07) is 7.29. The summed E-state index contributed by atoms with van der Waals surface area (Å²) in [6.45, 7) is 1.53. The maximum Gasteiger partial charge on any atom is 0.326 e. The molecule has 0 bridgehead atoms. The number of anilines is 2. The van der Waals surface area contributed by atoms with Crippen molar-refractivity contribution < 1.29 is 18.8 Å². The molecule has 0 fully saturated rings. The van der Waals surface area contributed by atoms with Crippen molar-refractivity contribution in [1.82, 2.24) is 15.3 Å². The van der Waals surface area contributed by atoms with Crippen molar-refractivity contribution in [3.05, 3.63) is 74.4 Å². The Hall–Kier alpha value is -4.36. The largest absolute Gasteiger partial charge is 0.495 e. The zero-order chi connectivity index (χ0) is 25.4. The van der Waals surface area contributed by atoms with Crippen LogP contribution in [0.25, 0.3) is 11.1 Å². The molecular weight excluding hydrogens is 461 g/mol. The molecule has 0 spiro atoms. The Balaban J connectivity index is 1.70. The van der Waals surface area contributed by atoms with Gasteiger partial charge in [0.1, 0.15) is 11.6 Å². The van der Waals surface area contributed by atoms with E-state index in [4.69, 9.17) is 10.5 Å². The van der Waals surface area contributed by atoms with Crippen molar-refractivity contribution >= 4 is 23.4 Å². The molecule has 0 aliphatic rings. The summed E-state index contributed by atoms with van der Waals surface area (Å²) < 4.78 is 19.5. The van der Waals surface area contributed by atoms with E-state index in [0.29, 0.717) is 30.8 Å². The Bertz CT molecular complexity index is 1280. The van der Waals surface area contributed by atoms with Gasteiger partial charge >= 0.3 is 6.03 Å². The minimum Gasteiger partial charge on any atom is -0.495 e. The number of rotatable bonds is 10. The molecule has 0 radical (unpaired) electrons. The summed E-state index contributed by atoms with van der Waals surface area (Å²) in [6.07, 6.45) is 1.98. The number of nitrogens with one attached hydrogen (secondary N) is 4. The van der Waals surface area contributed by atoms with E-state index in [9.17, 15) is 24.1 Å². The van der Waals surface area contributed by atoms with Crippen LogP contribution in [0.15, 0.2) is 47.4 Å². The number of nitro groups is 1. The van der Waals surface area contributed by atoms with Gasteiger partial charge in [-0.05, 0) is 37.2 Å². The monoisotopic (exact) mass is 485 g/mol. The summed E-state index contributed by atoms with van der Waals surface area (Å²) in [7, 11) is 1.34. The van der Waals surface area contributed by atoms with Crippen LogP contribution in [0.4, 0.5) is 26.5 Å². The van der Waals surface area contributed by atoms with Crippen LogP contribution in [-0.4, -0.2) is 41.1 Å². The fraction of sp³-hybridized carbons (Fsp3) is 0.227. The average Bonchev–Trinajstić information content (AvgIpc) is 2.82. The van der Waals surface area contributed by atoms with Gasteiger partial charge in [0.05, 0.1) is 23.3 Å². The molecule has 0 unspecified atom stereocenters. The second kappa shape index (κ2) is 11.7. The topological polar surface area (TPSA) is 177 Å². The number of hydrogen-bond acceptors (Lipinski definition) is 8. The standard InChI is InChI=1S/C22H24FN7O5/c1-35-19-6-5-15(30(33)34)10-18(19)27-22(32)29-21-26-12-16(20(31)28-21)13-3-4-14(17(23)9-13)11-25-8-2-7-24/h3-6,9-10,12,25H,2,7-8,11,24H2,1H3,(H3,26,27,28,29,31,32). The molecule has 184 valence electrons. The number of aromatic nitrogens is 2. The molecule has 0 saturated heterocycles. The van der Waals surface area contributed by atoms with E-state index in [2.05, 4.69) is 25.9 Å². The van der Waals surface area contributed by atoms with Crippen LogP contribution in [0.3, 0.4) is 0 Å². The smallest absolute Gasteiger partial charge is 0.326 e. The number of non-ortho nitro benzene ring substituents is 1. The average molecular weight is 485 g/mol. The predicted octanol–water partition coefficient (Wildman–Crippen LogP) is 2.58. The molecule has 3 rings (SSSR count). The van der Waals surface area contributed by atoms with Crippen LogP contribution in [0.5, 0.6) is 5.75 Å². The summed E-state index contributed by atoms with van der Waals surface area (Å²) in [5.74, 6) is -0.459. The van der Waals surface area contributed by atoms with Crippen LogP contribution in [-0.2, 0) is 6.54 Å². The number of methoxy groups -OCH3 is 1. The maximum atomic E-state index is 14.5. The Labute approximate surface area is 198 Å². The highest BCUT2D eigenvalue weighted by atomic mass is 19.1. The molecule has 3 aromatic rings. The summed E-state index contributed by atoms with van der Waals surface area (Å²) in [5.41, 5.74) is 5.50. The first-order valence-electron chi connectivity index (χ1n) is 10.5. The number of H-pyrrole nitrogens is 1. The molecule has 6 N–H and O–H groups in total. The molecular formula is C22H24FN7O5. The third-order valence-electron chi connectivity index (χ3n) is 4.91. The molecule has 0 aliphatic carbocycles. The van der Waals surface area contributed by atoms with Crippen LogP contribution in [0.2, 0.25) is 0 Å². The van der Waals surface area contributed by atoms with Crippen molar-refractivity contribution in [2.45, 2.75) is 13.0 Å². The van der Waals surface area contributed by atoms with Crippen LogP contribution in [0.1, 0.15) is 12.0 Å². The fourth-order valence-corrected chi connectivity index (χ4v) is 3.14. The summed E-state index contributed by atoms with van der Waals surface area (Å²) in [5, 5.41) is 18.8. The predicted molar refractivity (Wildman–Crippen MR) is 128 cm³/mol. The van der Waals surface area contributed by atoms with Gasteiger partial charge in [0.15, 0.2) is 0 Å². The first-order valence-corrected chi connectivity index (χ1v) is 10.5. The Morgan fingerprint density at radius 1 is 1.26 bits per heavy atom. The van der Waals surface area contributed by atoms with Gasteiger partial charge in [-0.2, -0.15) is 0 Å². The second-order valence-corrected chi connectivity index (χ2v) is 7.32. The van der Waals surface area contributed by atoms with Crippen LogP contribution in [0, 0.1) is 15.9 Å². The van der Waals surface area contributed by atoms with E-state index in [1.807, 2.05) is 0 Å². The van der Waals surface area contributed by atoms with Crippen molar-refractivity contribution in [2.75, 3.05) is 30.8 Å². The Kier molecular flexibility index (Phi) is 8.43. The molecule has 35 heavy (non-hydrogen) atoms. The number of aromatic amines is 1. The molecule has 0 aliphatic heterocycles. The highest BCUT2D eigenvalue weighted by molar-refractivity contribution is 5.99. The van der Waals surface area contributed by atoms with Crippen molar-refractivity contribution in [2.24, 2.45) is 5.73 Å². The van der Waals surface area contributed by atoms with Gasteiger partial charge in [-0.25, -0.2) is 14.2 Å². The van der Waals surface area contributed by atoms with Crippen molar-refractivity contribution in [1.29, 1.82) is 0 Å². The van der Waals surface area contributed by atoms with Gasteiger partial charge in [0.25, 0.3) is 11.2 Å². The number of benzene rings is 2. The number of carbonyl (C=O) groups excluding carboxylic acids is 1. The van der Waals surface area contributed by atoms with E-state index < -0.39 is 22.3 Å². The molecule has 1 heterocycles. The number of nitro benzene ring substituents is 1. The summed E-state index contributed by atoms with van der Waals surface area (Å²) in [4.78, 5) is 41.6. The normalized spacial score (nSPS) is 10.6. The lowest BCUT2D eigenvalue weighted by atomic mass is 10.1. The van der Waals surface area contributed by atoms with Crippen molar-refractivity contribution in [3.63, 3.8) is 0 Å². The number of ether oxygens (including phenoxy) is 1. The van der Waals surface area contributed by atoms with E-state index >= 15 is 0 Å². The van der Waals surface area contributed by atoms with E-state index in [1.165, 1.54) is 31.5 Å². The molecule has 0 saturated carbocycles. The number of nitrogens with zero attached hydrogens (tertiary/aromatic N) is 2. The fourth-order valence-electron chi connectivity index (χ4n) is 3.14. The highest BCUT2D eigenvalue weighted by Gasteiger charge is 2.15. The van der Waals surface area contributed by atoms with Gasteiger partial charge < -0.3 is 21.1 Å². The van der Waals surface area contributed by atoms with Gasteiger partial charge in [-0.15, -0.1) is 0 Å².